The Kier molecular flexibility index (Phi) is 7.42. The Bertz CT molecular complexity index is 161. The van der Waals surface area contributed by atoms with Crippen molar-refractivity contribution < 1.29 is 14.6 Å². The fourth-order valence-electron chi connectivity index (χ4n) is 1.10. The number of hydrogen-bond donors (Lipinski definition) is 1. The molecule has 4 heteroatoms. The molecule has 0 saturated heterocycles. The predicted molar refractivity (Wildman–Crippen MR) is 55.0 cm³/mol. The number of likely N-dealkylation sites (N-methyl/N-ethyl adjacent to an activating group) is 1. The van der Waals surface area contributed by atoms with Crippen molar-refractivity contribution in [3.05, 3.63) is 0 Å². The van der Waals surface area contributed by atoms with E-state index in [1.165, 1.54) is 0 Å². The summed E-state index contributed by atoms with van der Waals surface area (Å²) in [4.78, 5) is 12.9. The molecule has 1 unspecified atom stereocenters. The molecule has 0 amide bonds. The van der Waals surface area contributed by atoms with Gasteiger partial charge >= 0.3 is 5.97 Å². The van der Waals surface area contributed by atoms with Crippen molar-refractivity contribution >= 4 is 5.97 Å². The molecule has 0 aromatic rings. The first kappa shape index (κ1) is 13.4. The van der Waals surface area contributed by atoms with Gasteiger partial charge < -0.3 is 14.7 Å². The number of ether oxygens (including phenoxy) is 1. The molecule has 0 heterocycles. The van der Waals surface area contributed by atoms with Crippen LogP contribution in [-0.4, -0.2) is 48.8 Å². The molecular formula is C10H21NO3. The van der Waals surface area contributed by atoms with Crippen LogP contribution in [-0.2, 0) is 9.53 Å². The topological polar surface area (TPSA) is 49.8 Å². The molecule has 4 nitrogen and oxygen atoms in total. The Morgan fingerprint density at radius 1 is 1.50 bits per heavy atom. The summed E-state index contributed by atoms with van der Waals surface area (Å²) in [7, 11) is 1.89. The van der Waals surface area contributed by atoms with Crippen molar-refractivity contribution in [2.45, 2.75) is 32.8 Å². The van der Waals surface area contributed by atoms with Crippen molar-refractivity contribution in [1.82, 2.24) is 4.90 Å². The Balaban J connectivity index is 3.52. The Morgan fingerprint density at radius 3 is 2.64 bits per heavy atom. The van der Waals surface area contributed by atoms with Crippen molar-refractivity contribution in [3.8, 4) is 0 Å². The Morgan fingerprint density at radius 2 is 2.14 bits per heavy atom. The van der Waals surface area contributed by atoms with Crippen LogP contribution in [0.15, 0.2) is 0 Å². The summed E-state index contributed by atoms with van der Waals surface area (Å²) in [5, 5.41) is 9.34. The van der Waals surface area contributed by atoms with Gasteiger partial charge in [-0.05, 0) is 20.4 Å². The second-order valence-electron chi connectivity index (χ2n) is 3.38. The average Bonchev–Trinajstić information content (AvgIpc) is 2.15. The molecule has 0 bridgehead atoms. The van der Waals surface area contributed by atoms with E-state index in [-0.39, 0.29) is 12.1 Å². The zero-order valence-electron chi connectivity index (χ0n) is 9.32. The molecule has 0 spiro atoms. The molecular weight excluding hydrogens is 182 g/mol. The second-order valence-corrected chi connectivity index (χ2v) is 3.38. The van der Waals surface area contributed by atoms with Gasteiger partial charge in [-0.1, -0.05) is 6.92 Å². The highest BCUT2D eigenvalue weighted by molar-refractivity contribution is 5.69. The largest absolute Gasteiger partial charge is 0.466 e. The molecule has 1 atom stereocenters. The zero-order valence-corrected chi connectivity index (χ0v) is 9.32. The van der Waals surface area contributed by atoms with Gasteiger partial charge in [0, 0.05) is 13.1 Å². The Labute approximate surface area is 85.9 Å². The van der Waals surface area contributed by atoms with Gasteiger partial charge in [0.2, 0.25) is 0 Å². The monoisotopic (exact) mass is 203 g/mol. The highest BCUT2D eigenvalue weighted by Gasteiger charge is 2.08. The minimum absolute atomic E-state index is 0.176. The van der Waals surface area contributed by atoms with Crippen LogP contribution in [0, 0.1) is 0 Å². The lowest BCUT2D eigenvalue weighted by Gasteiger charge is -2.18. The number of nitrogens with zero attached hydrogens (tertiary/aromatic N) is 1. The zero-order chi connectivity index (χ0) is 11.0. The van der Waals surface area contributed by atoms with Crippen LogP contribution in [0.2, 0.25) is 0 Å². The minimum Gasteiger partial charge on any atom is -0.466 e. The summed E-state index contributed by atoms with van der Waals surface area (Å²) in [6, 6.07) is 0. The average molecular weight is 203 g/mol. The van der Waals surface area contributed by atoms with E-state index in [9.17, 15) is 9.90 Å². The van der Waals surface area contributed by atoms with E-state index in [4.69, 9.17) is 4.74 Å². The third-order valence-corrected chi connectivity index (χ3v) is 2.00. The number of rotatable bonds is 7. The Hall–Kier alpha value is -0.610. The molecule has 0 aromatic carbocycles. The number of aliphatic hydroxyl groups is 1. The molecule has 0 rings (SSSR count). The molecule has 0 aliphatic carbocycles. The summed E-state index contributed by atoms with van der Waals surface area (Å²) in [5.41, 5.74) is 0. The molecule has 84 valence electrons. The van der Waals surface area contributed by atoms with Gasteiger partial charge in [-0.2, -0.15) is 0 Å². The predicted octanol–water partition coefficient (Wildman–Crippen LogP) is 0.642. The minimum atomic E-state index is -0.304. The van der Waals surface area contributed by atoms with Gasteiger partial charge in [0.25, 0.3) is 0 Å². The maximum absolute atomic E-state index is 11.0. The lowest BCUT2D eigenvalue weighted by atomic mass is 10.2. The lowest BCUT2D eigenvalue weighted by molar-refractivity contribution is -0.143. The third kappa shape index (κ3) is 6.86. The first-order valence-electron chi connectivity index (χ1n) is 5.12. The van der Waals surface area contributed by atoms with Gasteiger partial charge in [0.05, 0.1) is 19.1 Å². The van der Waals surface area contributed by atoms with Crippen LogP contribution in [0.5, 0.6) is 0 Å². The first-order chi connectivity index (χ1) is 6.60. The van der Waals surface area contributed by atoms with Crippen LogP contribution in [0.25, 0.3) is 0 Å². The van der Waals surface area contributed by atoms with Crippen LogP contribution >= 0.6 is 0 Å². The van der Waals surface area contributed by atoms with Crippen LogP contribution in [0.3, 0.4) is 0 Å². The number of aliphatic hydroxyl groups excluding tert-OH is 1. The summed E-state index contributed by atoms with van der Waals surface area (Å²) < 4.78 is 4.80. The fraction of sp³-hybridized carbons (Fsp3) is 0.900. The molecule has 0 fully saturated rings. The maximum atomic E-state index is 11.0. The molecule has 0 aliphatic rings. The lowest BCUT2D eigenvalue weighted by Crippen LogP contribution is -2.30. The van der Waals surface area contributed by atoms with Gasteiger partial charge in [-0.15, -0.1) is 0 Å². The normalized spacial score (nSPS) is 12.9. The highest BCUT2D eigenvalue weighted by Crippen LogP contribution is 1.96. The molecule has 0 saturated carbocycles. The first-order valence-corrected chi connectivity index (χ1v) is 5.12. The van der Waals surface area contributed by atoms with Crippen LogP contribution < -0.4 is 0 Å². The van der Waals surface area contributed by atoms with Crippen molar-refractivity contribution in [2.24, 2.45) is 0 Å². The van der Waals surface area contributed by atoms with Gasteiger partial charge in [-0.3, -0.25) is 4.79 Å². The van der Waals surface area contributed by atoms with Gasteiger partial charge in [0.15, 0.2) is 0 Å². The summed E-state index contributed by atoms with van der Waals surface area (Å²) in [6.07, 6.45) is 0.826. The van der Waals surface area contributed by atoms with E-state index >= 15 is 0 Å². The van der Waals surface area contributed by atoms with Crippen LogP contribution in [0.1, 0.15) is 26.7 Å². The van der Waals surface area contributed by atoms with E-state index in [1.807, 2.05) is 18.9 Å². The highest BCUT2D eigenvalue weighted by atomic mass is 16.5. The smallest absolute Gasteiger partial charge is 0.307 e. The van der Waals surface area contributed by atoms with Crippen molar-refractivity contribution in [3.63, 3.8) is 0 Å². The number of carbonyl (C=O) groups is 1. The standard InChI is InChI=1S/C10H21NO3/c1-4-9(12)8-11(3)7-6-10(13)14-5-2/h9,12H,4-8H2,1-3H3. The fourth-order valence-corrected chi connectivity index (χ4v) is 1.10. The van der Waals surface area contributed by atoms with Crippen molar-refractivity contribution in [2.75, 3.05) is 26.7 Å². The quantitative estimate of drug-likeness (QED) is 0.617. The van der Waals surface area contributed by atoms with Crippen molar-refractivity contribution in [1.29, 1.82) is 0 Å². The van der Waals surface area contributed by atoms with E-state index in [2.05, 4.69) is 0 Å². The van der Waals surface area contributed by atoms with E-state index < -0.39 is 0 Å². The summed E-state index contributed by atoms with van der Waals surface area (Å²) in [6.45, 7) is 5.40. The second kappa shape index (κ2) is 7.76. The summed E-state index contributed by atoms with van der Waals surface area (Å²) in [5.74, 6) is -0.176. The molecule has 0 aromatic heterocycles. The van der Waals surface area contributed by atoms with E-state index in [1.54, 1.807) is 6.92 Å². The number of esters is 1. The van der Waals surface area contributed by atoms with Gasteiger partial charge in [0.1, 0.15) is 0 Å². The van der Waals surface area contributed by atoms with E-state index in [0.717, 1.165) is 6.42 Å². The SMILES string of the molecule is CCOC(=O)CCN(C)CC(O)CC. The van der Waals surface area contributed by atoms with Gasteiger partial charge in [-0.25, -0.2) is 0 Å². The molecule has 0 aliphatic heterocycles. The number of carbonyl (C=O) groups excluding carboxylic acids is 1. The maximum Gasteiger partial charge on any atom is 0.307 e. The molecule has 14 heavy (non-hydrogen) atoms. The van der Waals surface area contributed by atoms with Crippen LogP contribution in [0.4, 0.5) is 0 Å². The molecule has 0 radical (unpaired) electrons. The number of hydrogen-bond acceptors (Lipinski definition) is 4. The third-order valence-electron chi connectivity index (χ3n) is 2.00. The van der Waals surface area contributed by atoms with E-state index in [0.29, 0.717) is 26.1 Å². The molecule has 1 N–H and O–H groups in total. The summed E-state index contributed by atoms with van der Waals surface area (Å²) >= 11 is 0.